The van der Waals surface area contributed by atoms with Crippen LogP contribution in [0.2, 0.25) is 0 Å². The number of rotatable bonds is 6. The Kier molecular flexibility index (Phi) is 6.89. The molecule has 1 aromatic rings. The van der Waals surface area contributed by atoms with E-state index in [1.165, 1.54) is 10.9 Å². The summed E-state index contributed by atoms with van der Waals surface area (Å²) in [7, 11) is 0. The van der Waals surface area contributed by atoms with Gasteiger partial charge in [0.2, 0.25) is 0 Å². The molecule has 0 aliphatic carbocycles. The van der Waals surface area contributed by atoms with E-state index in [2.05, 4.69) is 15.3 Å². The molecule has 8 nitrogen and oxygen atoms in total. The molecular formula is C16H26FN4O4-. The van der Waals surface area contributed by atoms with E-state index in [4.69, 9.17) is 9.47 Å². The number of hydrogen-bond acceptors (Lipinski definition) is 7. The number of aryl methyl sites for hydroxylation is 1. The van der Waals surface area contributed by atoms with Crippen LogP contribution in [-0.4, -0.2) is 51.0 Å². The molecule has 1 unspecified atom stereocenters. The van der Waals surface area contributed by atoms with E-state index in [1.54, 1.807) is 41.5 Å². The van der Waals surface area contributed by atoms with Crippen LogP contribution in [-0.2, 0) is 27.2 Å². The number of aromatic nitrogens is 3. The van der Waals surface area contributed by atoms with E-state index in [1.807, 2.05) is 0 Å². The van der Waals surface area contributed by atoms with Crippen molar-refractivity contribution in [1.29, 1.82) is 0 Å². The largest absolute Gasteiger partial charge is 0.595 e. The van der Waals surface area contributed by atoms with Crippen LogP contribution in [0.1, 0.15) is 47.2 Å². The number of carbonyl (C=O) groups excluding carboxylic acids is 1. The maximum Gasteiger partial charge on any atom is 0.331 e. The molecule has 1 aromatic heterocycles. The average molecular weight is 357 g/mol. The van der Waals surface area contributed by atoms with Gasteiger partial charge in [0.05, 0.1) is 12.2 Å². The van der Waals surface area contributed by atoms with E-state index >= 15 is 0 Å². The first-order valence-electron chi connectivity index (χ1n) is 8.01. The minimum Gasteiger partial charge on any atom is -0.595 e. The highest BCUT2D eigenvalue weighted by Crippen LogP contribution is 2.14. The van der Waals surface area contributed by atoms with Crippen LogP contribution in [0, 0.1) is 0 Å². The Morgan fingerprint density at radius 1 is 1.28 bits per heavy atom. The van der Waals surface area contributed by atoms with Crippen LogP contribution in [0.25, 0.3) is 0 Å². The molecule has 0 aromatic carbocycles. The Bertz CT molecular complexity index is 602. The monoisotopic (exact) mass is 357 g/mol. The zero-order valence-corrected chi connectivity index (χ0v) is 15.6. The fraction of sp³-hybridized carbons (Fsp3) is 0.750. The number of carbonyl (C=O) groups is 1. The smallest absolute Gasteiger partial charge is 0.331 e. The highest BCUT2D eigenvalue weighted by molar-refractivity contribution is 5.79. The third-order valence-electron chi connectivity index (χ3n) is 2.64. The SMILES string of the molecule is CC(C)(C)OC(=O)C(Cc1cn(CCF)nn1)N=C([O-])OC(C)(C)C. The highest BCUT2D eigenvalue weighted by atomic mass is 19.1. The van der Waals surface area contributed by atoms with Crippen molar-refractivity contribution in [2.45, 2.75) is 71.8 Å². The fourth-order valence-corrected chi connectivity index (χ4v) is 1.79. The molecule has 0 N–H and O–H groups in total. The van der Waals surface area contributed by atoms with Crippen LogP contribution in [0.15, 0.2) is 11.2 Å². The zero-order chi connectivity index (χ0) is 19.3. The van der Waals surface area contributed by atoms with Crippen molar-refractivity contribution in [3.8, 4) is 0 Å². The van der Waals surface area contributed by atoms with E-state index in [0.717, 1.165) is 0 Å². The second-order valence-corrected chi connectivity index (χ2v) is 7.52. The molecule has 142 valence electrons. The molecule has 0 saturated heterocycles. The average Bonchev–Trinajstić information content (AvgIpc) is 2.81. The lowest BCUT2D eigenvalue weighted by molar-refractivity contribution is -0.261. The Morgan fingerprint density at radius 3 is 2.40 bits per heavy atom. The van der Waals surface area contributed by atoms with Gasteiger partial charge in [-0.2, -0.15) is 0 Å². The second kappa shape index (κ2) is 8.26. The first kappa shape index (κ1) is 20.9. The van der Waals surface area contributed by atoms with Gasteiger partial charge < -0.3 is 14.6 Å². The molecule has 0 aliphatic heterocycles. The van der Waals surface area contributed by atoms with E-state index in [9.17, 15) is 14.3 Å². The third-order valence-corrected chi connectivity index (χ3v) is 2.64. The summed E-state index contributed by atoms with van der Waals surface area (Å²) in [5, 5.41) is 19.6. The second-order valence-electron chi connectivity index (χ2n) is 7.52. The Hall–Kier alpha value is -2.19. The van der Waals surface area contributed by atoms with Gasteiger partial charge >= 0.3 is 5.97 Å². The lowest BCUT2D eigenvalue weighted by Crippen LogP contribution is -2.37. The molecule has 0 fully saturated rings. The fourth-order valence-electron chi connectivity index (χ4n) is 1.79. The number of nitrogens with zero attached hydrogens (tertiary/aromatic N) is 4. The number of halogens is 1. The highest BCUT2D eigenvalue weighted by Gasteiger charge is 2.26. The molecule has 1 atom stereocenters. The third kappa shape index (κ3) is 8.46. The van der Waals surface area contributed by atoms with E-state index in [0.29, 0.717) is 5.69 Å². The number of esters is 1. The number of hydrogen-bond donors (Lipinski definition) is 0. The molecule has 0 bridgehead atoms. The number of alkyl halides is 1. The van der Waals surface area contributed by atoms with Gasteiger partial charge in [-0.05, 0) is 20.8 Å². The van der Waals surface area contributed by atoms with E-state index in [-0.39, 0.29) is 13.0 Å². The minimum atomic E-state index is -1.12. The summed E-state index contributed by atoms with van der Waals surface area (Å²) in [5.74, 6) is -0.668. The summed E-state index contributed by atoms with van der Waals surface area (Å²) in [4.78, 5) is 16.2. The molecule has 25 heavy (non-hydrogen) atoms. The maximum absolute atomic E-state index is 12.4. The van der Waals surface area contributed by atoms with Gasteiger partial charge in [0.1, 0.15) is 18.4 Å². The summed E-state index contributed by atoms with van der Waals surface area (Å²) in [6, 6.07) is -1.12. The zero-order valence-electron chi connectivity index (χ0n) is 15.6. The minimum absolute atomic E-state index is 0.000438. The summed E-state index contributed by atoms with van der Waals surface area (Å²) >= 11 is 0. The van der Waals surface area contributed by atoms with Crippen molar-refractivity contribution in [1.82, 2.24) is 15.0 Å². The van der Waals surface area contributed by atoms with Crippen molar-refractivity contribution in [3.63, 3.8) is 0 Å². The molecule has 0 radical (unpaired) electrons. The van der Waals surface area contributed by atoms with Gasteiger partial charge in [0.15, 0.2) is 6.04 Å². The van der Waals surface area contributed by atoms with Crippen LogP contribution >= 0.6 is 0 Å². The molecule has 0 spiro atoms. The molecule has 1 heterocycles. The summed E-state index contributed by atoms with van der Waals surface area (Å²) in [6.07, 6.45) is 0.640. The van der Waals surface area contributed by atoms with Crippen molar-refractivity contribution >= 4 is 12.1 Å². The molecule has 9 heteroatoms. The molecule has 0 saturated carbocycles. The number of ether oxygens (including phenoxy) is 2. The molecule has 1 rings (SSSR count). The predicted octanol–water partition coefficient (Wildman–Crippen LogP) is 1.03. The van der Waals surface area contributed by atoms with Gasteiger partial charge in [-0.1, -0.05) is 26.0 Å². The first-order valence-corrected chi connectivity index (χ1v) is 8.01. The lowest BCUT2D eigenvalue weighted by Gasteiger charge is -2.30. The van der Waals surface area contributed by atoms with Crippen LogP contribution in [0.3, 0.4) is 0 Å². The van der Waals surface area contributed by atoms with Crippen molar-refractivity contribution in [2.24, 2.45) is 4.99 Å². The molecule has 0 amide bonds. The lowest BCUT2D eigenvalue weighted by atomic mass is 10.1. The predicted molar refractivity (Wildman–Crippen MR) is 87.6 cm³/mol. The molecular weight excluding hydrogens is 331 g/mol. The van der Waals surface area contributed by atoms with Gasteiger partial charge in [-0.15, -0.1) is 5.10 Å². The molecule has 0 aliphatic rings. The maximum atomic E-state index is 12.4. The topological polar surface area (TPSA) is 102 Å². The van der Waals surface area contributed by atoms with Crippen molar-refractivity contribution < 1.29 is 23.8 Å². The van der Waals surface area contributed by atoms with Crippen LogP contribution in [0.4, 0.5) is 4.39 Å². The van der Waals surface area contributed by atoms with Crippen LogP contribution < -0.4 is 5.11 Å². The van der Waals surface area contributed by atoms with E-state index < -0.39 is 36.0 Å². The normalized spacial score (nSPS) is 14.3. The summed E-state index contributed by atoms with van der Waals surface area (Å²) < 4.78 is 24.1. The van der Waals surface area contributed by atoms with Crippen molar-refractivity contribution in [3.05, 3.63) is 11.9 Å². The quantitative estimate of drug-likeness (QED) is 0.428. The first-order chi connectivity index (χ1) is 11.4. The number of aliphatic imine (C=N–C) groups is 1. The Morgan fingerprint density at radius 2 is 1.88 bits per heavy atom. The summed E-state index contributed by atoms with van der Waals surface area (Å²) in [6.45, 7) is 9.73. The van der Waals surface area contributed by atoms with Gasteiger partial charge in [-0.25, -0.2) is 13.9 Å². The van der Waals surface area contributed by atoms with Gasteiger partial charge in [-0.3, -0.25) is 4.99 Å². The standard InChI is InChI=1S/C16H27FN4O4/c1-15(2,3)24-13(22)12(18-14(23)25-16(4,5)6)9-11-10-21(8-7-17)20-19-11/h10,12H,7-9H2,1-6H3,(H,18,23)/p-1. The van der Waals surface area contributed by atoms with Crippen LogP contribution in [0.5, 0.6) is 0 Å². The summed E-state index contributed by atoms with van der Waals surface area (Å²) in [5.41, 5.74) is -1.06. The van der Waals surface area contributed by atoms with Gasteiger partial charge in [0.25, 0.3) is 0 Å². The Balaban J connectivity index is 2.97. The van der Waals surface area contributed by atoms with Gasteiger partial charge in [0, 0.05) is 18.2 Å². The van der Waals surface area contributed by atoms with Crippen molar-refractivity contribution in [2.75, 3.05) is 6.67 Å². The Labute approximate surface area is 147 Å².